The van der Waals surface area contributed by atoms with Gasteiger partial charge in [0.25, 0.3) is 0 Å². The second-order valence-electron chi connectivity index (χ2n) is 6.39. The summed E-state index contributed by atoms with van der Waals surface area (Å²) in [5, 5.41) is 10.5. The Hall–Kier alpha value is -2.53. The number of carbonyl (C=O) groups is 2. The van der Waals surface area contributed by atoms with Crippen LogP contribution in [0.25, 0.3) is 0 Å². The van der Waals surface area contributed by atoms with Crippen LogP contribution in [0.4, 0.5) is 4.79 Å². The summed E-state index contributed by atoms with van der Waals surface area (Å²) in [6, 6.07) is 14.6. The monoisotopic (exact) mass is 373 g/mol. The molecule has 136 valence electrons. The van der Waals surface area contributed by atoms with E-state index in [2.05, 4.69) is 0 Å². The van der Waals surface area contributed by atoms with E-state index in [0.717, 1.165) is 16.7 Å². The molecule has 1 amide bonds. The topological polar surface area (TPSA) is 66.8 Å². The molecule has 0 saturated carbocycles. The van der Waals surface area contributed by atoms with E-state index in [1.165, 1.54) is 4.90 Å². The van der Waals surface area contributed by atoms with Crippen molar-refractivity contribution in [3.63, 3.8) is 0 Å². The van der Waals surface area contributed by atoms with Gasteiger partial charge >= 0.3 is 12.1 Å². The molecular formula is C20H20ClNO4. The second-order valence-corrected chi connectivity index (χ2v) is 6.82. The van der Waals surface area contributed by atoms with Crippen molar-refractivity contribution in [1.82, 2.24) is 4.90 Å². The van der Waals surface area contributed by atoms with E-state index in [4.69, 9.17) is 16.3 Å². The van der Waals surface area contributed by atoms with Gasteiger partial charge in [-0.1, -0.05) is 48.0 Å². The highest BCUT2D eigenvalue weighted by atomic mass is 35.5. The minimum atomic E-state index is -1.35. The molecule has 1 aliphatic rings. The minimum Gasteiger partial charge on any atom is -0.479 e. The average Bonchev–Trinajstić information content (AvgIpc) is 3.01. The highest BCUT2D eigenvalue weighted by Gasteiger charge is 2.51. The third kappa shape index (κ3) is 3.40. The molecule has 0 aromatic heterocycles. The highest BCUT2D eigenvalue weighted by Crippen LogP contribution is 2.37. The molecule has 0 aliphatic heterocycles. The Bertz CT molecular complexity index is 824. The lowest BCUT2D eigenvalue weighted by Gasteiger charge is -2.36. The van der Waals surface area contributed by atoms with Crippen molar-refractivity contribution in [2.45, 2.75) is 31.9 Å². The maximum Gasteiger partial charge on any atom is 0.411 e. The number of ether oxygens (including phenoxy) is 1. The number of likely N-dealkylation sites (N-methyl/N-ethyl adjacent to an activating group) is 1. The zero-order chi connectivity index (χ0) is 18.7. The van der Waals surface area contributed by atoms with E-state index in [9.17, 15) is 14.7 Å². The molecule has 1 unspecified atom stereocenters. The van der Waals surface area contributed by atoms with Gasteiger partial charge in [0.1, 0.15) is 6.61 Å². The van der Waals surface area contributed by atoms with Crippen molar-refractivity contribution in [2.75, 3.05) is 6.54 Å². The first-order valence-corrected chi connectivity index (χ1v) is 8.83. The lowest BCUT2D eigenvalue weighted by atomic mass is 9.93. The number of nitrogens with zero attached hydrogens (tertiary/aromatic N) is 1. The van der Waals surface area contributed by atoms with Crippen LogP contribution in [0.15, 0.2) is 48.5 Å². The number of hydrogen-bond acceptors (Lipinski definition) is 3. The van der Waals surface area contributed by atoms with Gasteiger partial charge in [0.05, 0.1) is 0 Å². The summed E-state index contributed by atoms with van der Waals surface area (Å²) in [6.07, 6.45) is -0.173. The number of carboxylic acid groups (broad SMARTS) is 1. The number of halogens is 1. The normalized spacial score (nSPS) is 18.2. The Kier molecular flexibility index (Phi) is 5.18. The Morgan fingerprint density at radius 1 is 1.15 bits per heavy atom. The van der Waals surface area contributed by atoms with Crippen LogP contribution in [0.2, 0.25) is 5.02 Å². The van der Waals surface area contributed by atoms with E-state index in [-0.39, 0.29) is 26.0 Å². The fourth-order valence-corrected chi connectivity index (χ4v) is 3.68. The number of amides is 1. The van der Waals surface area contributed by atoms with Crippen molar-refractivity contribution in [3.8, 4) is 0 Å². The summed E-state index contributed by atoms with van der Waals surface area (Å²) in [7, 11) is 0. The highest BCUT2D eigenvalue weighted by molar-refractivity contribution is 6.30. The van der Waals surface area contributed by atoms with E-state index in [1.54, 1.807) is 19.1 Å². The molecular weight excluding hydrogens is 354 g/mol. The molecule has 1 atom stereocenters. The maximum atomic E-state index is 12.7. The van der Waals surface area contributed by atoms with Crippen LogP contribution in [0.5, 0.6) is 0 Å². The van der Waals surface area contributed by atoms with Crippen molar-refractivity contribution in [3.05, 3.63) is 70.2 Å². The Morgan fingerprint density at radius 2 is 1.85 bits per heavy atom. The quantitative estimate of drug-likeness (QED) is 0.862. The minimum absolute atomic E-state index is 0.102. The fourth-order valence-electron chi connectivity index (χ4n) is 3.49. The third-order valence-corrected chi connectivity index (χ3v) is 5.03. The van der Waals surface area contributed by atoms with Crippen LogP contribution >= 0.6 is 11.6 Å². The summed E-state index contributed by atoms with van der Waals surface area (Å²) in [6.45, 7) is 2.09. The Balaban J connectivity index is 1.82. The molecule has 0 fully saturated rings. The molecule has 0 saturated heterocycles. The molecule has 6 heteroatoms. The van der Waals surface area contributed by atoms with Crippen LogP contribution in [0.3, 0.4) is 0 Å². The van der Waals surface area contributed by atoms with E-state index < -0.39 is 17.6 Å². The molecule has 2 aromatic carbocycles. The van der Waals surface area contributed by atoms with Gasteiger partial charge in [0.15, 0.2) is 5.54 Å². The van der Waals surface area contributed by atoms with Crippen molar-refractivity contribution >= 4 is 23.7 Å². The van der Waals surface area contributed by atoms with Crippen LogP contribution < -0.4 is 0 Å². The maximum absolute atomic E-state index is 12.7. The predicted octanol–water partition coefficient (Wildman–Crippen LogP) is 3.92. The van der Waals surface area contributed by atoms with Crippen LogP contribution in [-0.4, -0.2) is 34.2 Å². The predicted molar refractivity (Wildman–Crippen MR) is 98.2 cm³/mol. The lowest BCUT2D eigenvalue weighted by Crippen LogP contribution is -2.58. The molecule has 3 rings (SSSR count). The first-order valence-electron chi connectivity index (χ1n) is 8.45. The SMILES string of the molecule is CCN(C(=O)OCc1ccccc1)C1(C(=O)O)Cc2ccc(Cl)cc2C1. The molecule has 5 nitrogen and oxygen atoms in total. The molecule has 1 aliphatic carbocycles. The van der Waals surface area contributed by atoms with Crippen molar-refractivity contribution in [1.29, 1.82) is 0 Å². The smallest absolute Gasteiger partial charge is 0.411 e. The zero-order valence-electron chi connectivity index (χ0n) is 14.4. The molecule has 0 radical (unpaired) electrons. The van der Waals surface area contributed by atoms with Gasteiger partial charge in [-0.25, -0.2) is 9.59 Å². The Labute approximate surface area is 157 Å². The summed E-state index contributed by atoms with van der Waals surface area (Å²) in [5.74, 6) is -1.04. The molecule has 0 spiro atoms. The zero-order valence-corrected chi connectivity index (χ0v) is 15.2. The number of rotatable bonds is 5. The van der Waals surface area contributed by atoms with E-state index >= 15 is 0 Å². The summed E-state index contributed by atoms with van der Waals surface area (Å²) in [4.78, 5) is 26.2. The number of hydrogen-bond donors (Lipinski definition) is 1. The molecule has 0 heterocycles. The van der Waals surface area contributed by atoms with Gasteiger partial charge in [0, 0.05) is 24.4 Å². The number of fused-ring (bicyclic) bond motifs is 1. The molecule has 0 bridgehead atoms. The van der Waals surface area contributed by atoms with Gasteiger partial charge in [0.2, 0.25) is 0 Å². The Morgan fingerprint density at radius 3 is 2.50 bits per heavy atom. The summed E-state index contributed by atoms with van der Waals surface area (Å²) < 4.78 is 5.39. The average molecular weight is 374 g/mol. The van der Waals surface area contributed by atoms with Crippen molar-refractivity contribution < 1.29 is 19.4 Å². The van der Waals surface area contributed by atoms with E-state index in [1.807, 2.05) is 36.4 Å². The number of aliphatic carboxylic acids is 1. The van der Waals surface area contributed by atoms with Gasteiger partial charge in [-0.15, -0.1) is 0 Å². The number of carbonyl (C=O) groups excluding carboxylic acids is 1. The summed E-state index contributed by atoms with van der Waals surface area (Å²) >= 11 is 6.04. The van der Waals surface area contributed by atoms with Gasteiger partial charge in [-0.05, 0) is 35.7 Å². The lowest BCUT2D eigenvalue weighted by molar-refractivity contribution is -0.150. The largest absolute Gasteiger partial charge is 0.479 e. The van der Waals surface area contributed by atoms with Crippen LogP contribution in [0.1, 0.15) is 23.6 Å². The van der Waals surface area contributed by atoms with Crippen LogP contribution in [0, 0.1) is 0 Å². The molecule has 2 aromatic rings. The van der Waals surface area contributed by atoms with Gasteiger partial charge in [-0.2, -0.15) is 0 Å². The van der Waals surface area contributed by atoms with Gasteiger partial charge < -0.3 is 9.84 Å². The molecule has 1 N–H and O–H groups in total. The van der Waals surface area contributed by atoms with Gasteiger partial charge in [-0.3, -0.25) is 4.90 Å². The van der Waals surface area contributed by atoms with E-state index in [0.29, 0.717) is 5.02 Å². The third-order valence-electron chi connectivity index (χ3n) is 4.79. The first kappa shape index (κ1) is 18.3. The fraction of sp³-hybridized carbons (Fsp3) is 0.300. The van der Waals surface area contributed by atoms with Crippen molar-refractivity contribution in [2.24, 2.45) is 0 Å². The molecule has 26 heavy (non-hydrogen) atoms. The standard InChI is InChI=1S/C20H20ClNO4/c1-2-22(19(25)26-13-14-6-4-3-5-7-14)20(18(23)24)11-15-8-9-17(21)10-16(15)12-20/h3-10H,2,11-13H2,1H3,(H,23,24). The summed E-state index contributed by atoms with van der Waals surface area (Å²) in [5.41, 5.74) is 1.25. The first-order chi connectivity index (χ1) is 12.5. The van der Waals surface area contributed by atoms with Crippen LogP contribution in [-0.2, 0) is 29.0 Å². The second kappa shape index (κ2) is 7.38. The number of carboxylic acids is 1. The number of benzene rings is 2.